The van der Waals surface area contributed by atoms with Gasteiger partial charge in [0.2, 0.25) is 5.91 Å². The molecular formula is C13H25NO3. The van der Waals surface area contributed by atoms with Crippen molar-refractivity contribution in [1.82, 2.24) is 5.32 Å². The van der Waals surface area contributed by atoms with Crippen molar-refractivity contribution in [2.45, 2.75) is 52.9 Å². The summed E-state index contributed by atoms with van der Waals surface area (Å²) in [5.41, 5.74) is 1.04. The first-order valence-electron chi connectivity index (χ1n) is 6.13. The van der Waals surface area contributed by atoms with Gasteiger partial charge in [0, 0.05) is 26.7 Å². The Bertz CT molecular complexity index is 251. The highest BCUT2D eigenvalue weighted by Gasteiger charge is 2.10. The highest BCUT2D eigenvalue weighted by Crippen LogP contribution is 2.10. The van der Waals surface area contributed by atoms with Gasteiger partial charge in [0.15, 0.2) is 6.29 Å². The summed E-state index contributed by atoms with van der Waals surface area (Å²) in [4.78, 5) is 11.0. The second-order valence-corrected chi connectivity index (χ2v) is 4.01. The molecule has 0 rings (SSSR count). The van der Waals surface area contributed by atoms with Crippen molar-refractivity contribution in [3.8, 4) is 0 Å². The van der Waals surface area contributed by atoms with Crippen molar-refractivity contribution in [3.63, 3.8) is 0 Å². The molecule has 1 N–H and O–H groups in total. The van der Waals surface area contributed by atoms with Crippen LogP contribution < -0.4 is 5.32 Å². The van der Waals surface area contributed by atoms with E-state index in [-0.39, 0.29) is 18.2 Å². The smallest absolute Gasteiger partial charge is 0.217 e. The fraction of sp³-hybridized carbons (Fsp3) is 0.769. The zero-order valence-electron chi connectivity index (χ0n) is 11.6. The molecule has 0 heterocycles. The van der Waals surface area contributed by atoms with Crippen LogP contribution in [0.1, 0.15) is 40.5 Å². The van der Waals surface area contributed by atoms with Crippen LogP contribution in [0.4, 0.5) is 0 Å². The molecule has 0 aromatic rings. The largest absolute Gasteiger partial charge is 0.353 e. The molecule has 0 aliphatic rings. The molecule has 0 bridgehead atoms. The van der Waals surface area contributed by atoms with E-state index in [0.29, 0.717) is 6.61 Å². The number of carbonyl (C=O) groups is 1. The molecule has 0 aliphatic heterocycles. The van der Waals surface area contributed by atoms with E-state index < -0.39 is 0 Å². The normalized spacial score (nSPS) is 15.5. The zero-order valence-corrected chi connectivity index (χ0v) is 11.6. The molecule has 0 spiro atoms. The van der Waals surface area contributed by atoms with Crippen LogP contribution >= 0.6 is 0 Å². The van der Waals surface area contributed by atoms with Crippen LogP contribution in [0.3, 0.4) is 0 Å². The van der Waals surface area contributed by atoms with Gasteiger partial charge in [-0.15, -0.1) is 0 Å². The summed E-state index contributed by atoms with van der Waals surface area (Å²) in [6, 6.07) is 0.182. The highest BCUT2D eigenvalue weighted by atomic mass is 16.7. The van der Waals surface area contributed by atoms with Gasteiger partial charge in [0.25, 0.3) is 0 Å². The Kier molecular flexibility index (Phi) is 8.72. The SMILES string of the molecule is CCOC(OC)/C(C)=C/CC(CC)NC(C)=O. The van der Waals surface area contributed by atoms with E-state index in [1.807, 2.05) is 13.8 Å². The summed E-state index contributed by atoms with van der Waals surface area (Å²) in [5.74, 6) is 0.0102. The van der Waals surface area contributed by atoms with Gasteiger partial charge in [-0.1, -0.05) is 13.0 Å². The molecular weight excluding hydrogens is 218 g/mol. The third kappa shape index (κ3) is 7.13. The predicted molar refractivity (Wildman–Crippen MR) is 68.7 cm³/mol. The molecule has 100 valence electrons. The fourth-order valence-electron chi connectivity index (χ4n) is 1.58. The highest BCUT2D eigenvalue weighted by molar-refractivity contribution is 5.73. The molecule has 0 saturated heterocycles. The average Bonchev–Trinajstić information content (AvgIpc) is 2.30. The number of amides is 1. The lowest BCUT2D eigenvalue weighted by atomic mass is 10.1. The summed E-state index contributed by atoms with van der Waals surface area (Å²) in [7, 11) is 1.63. The molecule has 2 atom stereocenters. The first-order valence-corrected chi connectivity index (χ1v) is 6.13. The molecule has 2 unspecified atom stereocenters. The van der Waals surface area contributed by atoms with Gasteiger partial charge in [-0.05, 0) is 32.3 Å². The molecule has 0 aliphatic carbocycles. The van der Waals surface area contributed by atoms with Gasteiger partial charge >= 0.3 is 0 Å². The van der Waals surface area contributed by atoms with E-state index in [9.17, 15) is 4.79 Å². The van der Waals surface area contributed by atoms with Gasteiger partial charge < -0.3 is 14.8 Å². The molecule has 0 radical (unpaired) electrons. The van der Waals surface area contributed by atoms with Crippen LogP contribution in [0.5, 0.6) is 0 Å². The van der Waals surface area contributed by atoms with Crippen LogP contribution in [0.2, 0.25) is 0 Å². The van der Waals surface area contributed by atoms with Crippen molar-refractivity contribution in [1.29, 1.82) is 0 Å². The van der Waals surface area contributed by atoms with Crippen LogP contribution in [0.15, 0.2) is 11.6 Å². The van der Waals surface area contributed by atoms with Gasteiger partial charge in [-0.3, -0.25) is 4.79 Å². The first-order chi connectivity index (χ1) is 8.04. The first kappa shape index (κ1) is 16.1. The third-order valence-corrected chi connectivity index (χ3v) is 2.53. The number of hydrogen-bond donors (Lipinski definition) is 1. The van der Waals surface area contributed by atoms with Crippen LogP contribution in [-0.4, -0.2) is 32.0 Å². The van der Waals surface area contributed by atoms with Gasteiger partial charge in [-0.25, -0.2) is 0 Å². The number of ether oxygens (including phenoxy) is 2. The van der Waals surface area contributed by atoms with Crippen LogP contribution in [0, 0.1) is 0 Å². The zero-order chi connectivity index (χ0) is 13.3. The molecule has 0 fully saturated rings. The summed E-state index contributed by atoms with van der Waals surface area (Å²) in [5, 5.41) is 2.91. The standard InChI is InChI=1S/C13H25NO3/c1-6-12(14-11(4)15)9-8-10(3)13(16-5)17-7-2/h8,12-13H,6-7,9H2,1-5H3,(H,14,15)/b10-8+. The Morgan fingerprint density at radius 3 is 2.41 bits per heavy atom. The Balaban J connectivity index is 4.30. The number of rotatable bonds is 8. The Morgan fingerprint density at radius 2 is 2.00 bits per heavy atom. The van der Waals surface area contributed by atoms with Crippen molar-refractivity contribution in [2.75, 3.05) is 13.7 Å². The lowest BCUT2D eigenvalue weighted by Crippen LogP contribution is -2.32. The van der Waals surface area contributed by atoms with Crippen molar-refractivity contribution >= 4 is 5.91 Å². The lowest BCUT2D eigenvalue weighted by molar-refractivity contribution is -0.119. The second kappa shape index (κ2) is 9.19. The lowest BCUT2D eigenvalue weighted by Gasteiger charge is -2.18. The average molecular weight is 243 g/mol. The molecule has 1 amide bonds. The van der Waals surface area contributed by atoms with E-state index in [1.165, 1.54) is 6.92 Å². The van der Waals surface area contributed by atoms with Gasteiger partial charge in [-0.2, -0.15) is 0 Å². The van der Waals surface area contributed by atoms with Gasteiger partial charge in [0.05, 0.1) is 0 Å². The molecule has 0 aromatic carbocycles. The van der Waals surface area contributed by atoms with Gasteiger partial charge in [0.1, 0.15) is 0 Å². The van der Waals surface area contributed by atoms with E-state index in [2.05, 4.69) is 18.3 Å². The predicted octanol–water partition coefficient (Wildman–Crippen LogP) is 2.25. The maximum absolute atomic E-state index is 11.0. The van der Waals surface area contributed by atoms with Crippen LogP contribution in [-0.2, 0) is 14.3 Å². The van der Waals surface area contributed by atoms with E-state index in [1.54, 1.807) is 7.11 Å². The number of methoxy groups -OCH3 is 1. The molecule has 17 heavy (non-hydrogen) atoms. The third-order valence-electron chi connectivity index (χ3n) is 2.53. The minimum Gasteiger partial charge on any atom is -0.353 e. The van der Waals surface area contributed by atoms with E-state index >= 15 is 0 Å². The van der Waals surface area contributed by atoms with E-state index in [4.69, 9.17) is 9.47 Å². The fourth-order valence-corrected chi connectivity index (χ4v) is 1.58. The summed E-state index contributed by atoms with van der Waals surface area (Å²) in [6.45, 7) is 8.12. The summed E-state index contributed by atoms with van der Waals surface area (Å²) >= 11 is 0. The summed E-state index contributed by atoms with van der Waals surface area (Å²) < 4.78 is 10.6. The monoisotopic (exact) mass is 243 g/mol. The summed E-state index contributed by atoms with van der Waals surface area (Å²) in [6.07, 6.45) is 3.49. The maximum atomic E-state index is 11.0. The Hall–Kier alpha value is -0.870. The Labute approximate surface area is 104 Å². The van der Waals surface area contributed by atoms with Crippen molar-refractivity contribution < 1.29 is 14.3 Å². The maximum Gasteiger partial charge on any atom is 0.217 e. The number of nitrogens with one attached hydrogen (secondary N) is 1. The van der Waals surface area contributed by atoms with Crippen molar-refractivity contribution in [3.05, 3.63) is 11.6 Å². The molecule has 0 saturated carbocycles. The minimum atomic E-state index is -0.283. The quantitative estimate of drug-likeness (QED) is 0.525. The Morgan fingerprint density at radius 1 is 1.35 bits per heavy atom. The minimum absolute atomic E-state index is 0.0102. The van der Waals surface area contributed by atoms with E-state index in [0.717, 1.165) is 18.4 Å². The second-order valence-electron chi connectivity index (χ2n) is 4.01. The van der Waals surface area contributed by atoms with Crippen molar-refractivity contribution in [2.24, 2.45) is 0 Å². The topological polar surface area (TPSA) is 47.6 Å². The molecule has 4 nitrogen and oxygen atoms in total. The number of hydrogen-bond acceptors (Lipinski definition) is 3. The molecule has 0 aromatic heterocycles. The number of carbonyl (C=O) groups excluding carboxylic acids is 1. The van der Waals surface area contributed by atoms with Crippen LogP contribution in [0.25, 0.3) is 0 Å². The molecule has 4 heteroatoms.